The fraction of sp³-hybridized carbons (Fsp3) is 0.176. The first-order valence-corrected chi connectivity index (χ1v) is 8.45. The van der Waals surface area contributed by atoms with E-state index in [9.17, 15) is 9.59 Å². The molecule has 0 aliphatic heterocycles. The third kappa shape index (κ3) is 5.49. The molecule has 0 saturated heterocycles. The van der Waals surface area contributed by atoms with Crippen molar-refractivity contribution in [2.45, 2.75) is 0 Å². The molecular weight excluding hydrogens is 348 g/mol. The van der Waals surface area contributed by atoms with Crippen molar-refractivity contribution in [1.82, 2.24) is 10.6 Å². The SMILES string of the molecule is COCCNC(=O)C(=Cc1cccs1)NC(=O)c1ccc(Cl)cc1. The van der Waals surface area contributed by atoms with E-state index in [1.165, 1.54) is 11.3 Å². The van der Waals surface area contributed by atoms with Gasteiger partial charge in [0.05, 0.1) is 6.61 Å². The Morgan fingerprint density at radius 2 is 2.00 bits per heavy atom. The molecule has 2 amide bonds. The second-order valence-corrected chi connectivity index (χ2v) is 6.20. The molecule has 24 heavy (non-hydrogen) atoms. The molecule has 0 spiro atoms. The van der Waals surface area contributed by atoms with E-state index in [0.29, 0.717) is 23.7 Å². The number of ether oxygens (including phenoxy) is 1. The maximum absolute atomic E-state index is 12.3. The van der Waals surface area contributed by atoms with Crippen LogP contribution in [0.25, 0.3) is 6.08 Å². The largest absolute Gasteiger partial charge is 0.383 e. The van der Waals surface area contributed by atoms with Crippen LogP contribution in [-0.4, -0.2) is 32.1 Å². The topological polar surface area (TPSA) is 67.4 Å². The summed E-state index contributed by atoms with van der Waals surface area (Å²) in [6.45, 7) is 0.747. The van der Waals surface area contributed by atoms with Crippen LogP contribution in [0.1, 0.15) is 15.2 Å². The van der Waals surface area contributed by atoms with E-state index in [2.05, 4.69) is 10.6 Å². The molecular formula is C17H17ClN2O3S. The highest BCUT2D eigenvalue weighted by Crippen LogP contribution is 2.14. The highest BCUT2D eigenvalue weighted by atomic mass is 35.5. The van der Waals surface area contributed by atoms with Gasteiger partial charge in [0.1, 0.15) is 5.70 Å². The zero-order valence-electron chi connectivity index (χ0n) is 13.0. The van der Waals surface area contributed by atoms with Crippen molar-refractivity contribution in [3.05, 3.63) is 62.9 Å². The maximum Gasteiger partial charge on any atom is 0.267 e. The third-order valence-electron chi connectivity index (χ3n) is 3.02. The zero-order chi connectivity index (χ0) is 17.4. The number of benzene rings is 1. The molecule has 0 fully saturated rings. The van der Waals surface area contributed by atoms with Crippen LogP contribution in [0.3, 0.4) is 0 Å². The molecule has 2 rings (SSSR count). The first-order chi connectivity index (χ1) is 11.6. The molecule has 2 N–H and O–H groups in total. The summed E-state index contributed by atoms with van der Waals surface area (Å²) >= 11 is 7.29. The number of thiophene rings is 1. The van der Waals surface area contributed by atoms with Crippen LogP contribution in [0.15, 0.2) is 47.5 Å². The minimum atomic E-state index is -0.378. The number of rotatable bonds is 7. The predicted octanol–water partition coefficient (Wildman–Crippen LogP) is 2.94. The van der Waals surface area contributed by atoms with Gasteiger partial charge in [-0.3, -0.25) is 9.59 Å². The van der Waals surface area contributed by atoms with Gasteiger partial charge in [0, 0.05) is 29.1 Å². The van der Waals surface area contributed by atoms with Gasteiger partial charge in [-0.05, 0) is 41.8 Å². The average molecular weight is 365 g/mol. The smallest absolute Gasteiger partial charge is 0.267 e. The van der Waals surface area contributed by atoms with E-state index in [4.69, 9.17) is 16.3 Å². The molecule has 1 aromatic carbocycles. The fourth-order valence-electron chi connectivity index (χ4n) is 1.83. The van der Waals surface area contributed by atoms with Crippen molar-refractivity contribution in [2.75, 3.05) is 20.3 Å². The number of methoxy groups -OCH3 is 1. The highest BCUT2D eigenvalue weighted by Gasteiger charge is 2.14. The lowest BCUT2D eigenvalue weighted by Gasteiger charge is -2.10. The van der Waals surface area contributed by atoms with Crippen LogP contribution in [0.4, 0.5) is 0 Å². The Kier molecular flexibility index (Phi) is 6.99. The summed E-state index contributed by atoms with van der Waals surface area (Å²) in [5.41, 5.74) is 0.592. The molecule has 2 aromatic rings. The van der Waals surface area contributed by atoms with Gasteiger partial charge in [0.15, 0.2) is 0 Å². The van der Waals surface area contributed by atoms with Crippen LogP contribution >= 0.6 is 22.9 Å². The molecule has 5 nitrogen and oxygen atoms in total. The van der Waals surface area contributed by atoms with Gasteiger partial charge in [-0.2, -0.15) is 0 Å². The molecule has 0 saturated carbocycles. The van der Waals surface area contributed by atoms with Crippen molar-refractivity contribution in [3.8, 4) is 0 Å². The number of amides is 2. The van der Waals surface area contributed by atoms with Crippen molar-refractivity contribution >= 4 is 40.8 Å². The van der Waals surface area contributed by atoms with E-state index in [0.717, 1.165) is 4.88 Å². The lowest BCUT2D eigenvalue weighted by molar-refractivity contribution is -0.117. The van der Waals surface area contributed by atoms with Crippen LogP contribution < -0.4 is 10.6 Å². The molecule has 1 heterocycles. The van der Waals surface area contributed by atoms with Crippen molar-refractivity contribution in [1.29, 1.82) is 0 Å². The Hall–Kier alpha value is -2.15. The average Bonchev–Trinajstić information content (AvgIpc) is 3.08. The Balaban J connectivity index is 2.14. The fourth-order valence-corrected chi connectivity index (χ4v) is 2.61. The van der Waals surface area contributed by atoms with Gasteiger partial charge < -0.3 is 15.4 Å². The molecule has 0 atom stereocenters. The normalized spacial score (nSPS) is 11.2. The summed E-state index contributed by atoms with van der Waals surface area (Å²) in [6, 6.07) is 10.2. The maximum atomic E-state index is 12.3. The number of halogens is 1. The number of hydrogen-bond donors (Lipinski definition) is 2. The third-order valence-corrected chi connectivity index (χ3v) is 4.09. The molecule has 0 radical (unpaired) electrons. The van der Waals surface area contributed by atoms with E-state index in [1.807, 2.05) is 17.5 Å². The van der Waals surface area contributed by atoms with E-state index in [-0.39, 0.29) is 17.5 Å². The Morgan fingerprint density at radius 1 is 1.25 bits per heavy atom. The lowest BCUT2D eigenvalue weighted by atomic mass is 10.2. The Bertz CT molecular complexity index is 712. The number of carbonyl (C=O) groups excluding carboxylic acids is 2. The molecule has 1 aromatic heterocycles. The monoisotopic (exact) mass is 364 g/mol. The van der Waals surface area contributed by atoms with Crippen LogP contribution in [0.2, 0.25) is 5.02 Å². The highest BCUT2D eigenvalue weighted by molar-refractivity contribution is 7.10. The number of carbonyl (C=O) groups is 2. The molecule has 0 aliphatic rings. The van der Waals surface area contributed by atoms with Crippen molar-refractivity contribution in [3.63, 3.8) is 0 Å². The summed E-state index contributed by atoms with van der Waals surface area (Å²) in [5, 5.41) is 7.79. The predicted molar refractivity (Wildman–Crippen MR) is 96.1 cm³/mol. The number of nitrogens with one attached hydrogen (secondary N) is 2. The molecule has 126 valence electrons. The first kappa shape index (κ1) is 18.2. The summed E-state index contributed by atoms with van der Waals surface area (Å²) in [4.78, 5) is 25.5. The van der Waals surface area contributed by atoms with Gasteiger partial charge in [-0.25, -0.2) is 0 Å². The minimum Gasteiger partial charge on any atom is -0.383 e. The second kappa shape index (κ2) is 9.22. The zero-order valence-corrected chi connectivity index (χ0v) is 14.6. The summed E-state index contributed by atoms with van der Waals surface area (Å²) in [6.07, 6.45) is 1.64. The molecule has 0 bridgehead atoms. The van der Waals surface area contributed by atoms with Gasteiger partial charge in [-0.15, -0.1) is 11.3 Å². The van der Waals surface area contributed by atoms with Gasteiger partial charge >= 0.3 is 0 Å². The second-order valence-electron chi connectivity index (χ2n) is 4.78. The Morgan fingerprint density at radius 3 is 2.62 bits per heavy atom. The number of hydrogen-bond acceptors (Lipinski definition) is 4. The van der Waals surface area contributed by atoms with E-state index in [1.54, 1.807) is 37.5 Å². The molecule has 7 heteroatoms. The van der Waals surface area contributed by atoms with Crippen LogP contribution in [0.5, 0.6) is 0 Å². The van der Waals surface area contributed by atoms with E-state index >= 15 is 0 Å². The minimum absolute atomic E-state index is 0.175. The summed E-state index contributed by atoms with van der Waals surface area (Å²) in [7, 11) is 1.55. The van der Waals surface area contributed by atoms with Gasteiger partial charge in [0.2, 0.25) is 0 Å². The van der Waals surface area contributed by atoms with Crippen molar-refractivity contribution in [2.24, 2.45) is 0 Å². The standard InChI is InChI=1S/C17H17ClN2O3S/c1-23-9-8-19-17(22)15(11-14-3-2-10-24-14)20-16(21)12-4-6-13(18)7-5-12/h2-7,10-11H,8-9H2,1H3,(H,19,22)(H,20,21). The Labute approximate surface area is 149 Å². The quantitative estimate of drug-likeness (QED) is 0.586. The lowest BCUT2D eigenvalue weighted by Crippen LogP contribution is -2.36. The van der Waals surface area contributed by atoms with Crippen LogP contribution in [-0.2, 0) is 9.53 Å². The summed E-state index contributed by atoms with van der Waals surface area (Å²) < 4.78 is 4.91. The van der Waals surface area contributed by atoms with Crippen LogP contribution in [0, 0.1) is 0 Å². The molecule has 0 aliphatic carbocycles. The first-order valence-electron chi connectivity index (χ1n) is 7.19. The van der Waals surface area contributed by atoms with Crippen molar-refractivity contribution < 1.29 is 14.3 Å². The van der Waals surface area contributed by atoms with E-state index < -0.39 is 0 Å². The van der Waals surface area contributed by atoms with Gasteiger partial charge in [-0.1, -0.05) is 17.7 Å². The molecule has 0 unspecified atom stereocenters. The summed E-state index contributed by atoms with van der Waals surface area (Å²) in [5.74, 6) is -0.751. The van der Waals surface area contributed by atoms with Gasteiger partial charge in [0.25, 0.3) is 11.8 Å².